The molecule has 0 bridgehead atoms. The van der Waals surface area contributed by atoms with Crippen LogP contribution < -0.4 is 5.32 Å². The molecule has 0 heterocycles. The summed E-state index contributed by atoms with van der Waals surface area (Å²) in [5.41, 5.74) is -0.818. The van der Waals surface area contributed by atoms with Crippen molar-refractivity contribution >= 4 is 23.4 Å². The molecule has 120 valence electrons. The largest absolute Gasteiger partial charge is 0.464 e. The lowest BCUT2D eigenvalue weighted by atomic mass is 10.0. The van der Waals surface area contributed by atoms with Crippen molar-refractivity contribution in [3.63, 3.8) is 0 Å². The fourth-order valence-electron chi connectivity index (χ4n) is 1.57. The molecule has 8 heteroatoms. The van der Waals surface area contributed by atoms with Crippen molar-refractivity contribution in [1.29, 1.82) is 0 Å². The second-order valence-electron chi connectivity index (χ2n) is 5.07. The van der Waals surface area contributed by atoms with E-state index < -0.39 is 22.5 Å². The van der Waals surface area contributed by atoms with E-state index in [0.29, 0.717) is 5.69 Å². The number of likely N-dealkylation sites (N-methyl/N-ethyl adjacent to an activating group) is 1. The molecule has 0 aliphatic heterocycles. The molecule has 0 saturated carbocycles. The number of carbonyl (C=O) groups is 2. The van der Waals surface area contributed by atoms with E-state index in [2.05, 4.69) is 5.32 Å². The van der Waals surface area contributed by atoms with Crippen LogP contribution in [0.5, 0.6) is 0 Å². The highest BCUT2D eigenvalue weighted by Gasteiger charge is 2.36. The first-order valence-corrected chi connectivity index (χ1v) is 6.66. The summed E-state index contributed by atoms with van der Waals surface area (Å²) in [6, 6.07) is 4.88. The lowest BCUT2D eigenvalue weighted by molar-refractivity contribution is -0.384. The molecule has 0 aliphatic carbocycles. The van der Waals surface area contributed by atoms with Gasteiger partial charge in [0.1, 0.15) is 5.54 Å². The zero-order valence-electron chi connectivity index (χ0n) is 13.0. The second kappa shape index (κ2) is 6.88. The highest BCUT2D eigenvalue weighted by atomic mass is 16.6. The molecule has 1 N–H and O–H groups in total. The summed E-state index contributed by atoms with van der Waals surface area (Å²) in [7, 11) is 1.47. The van der Waals surface area contributed by atoms with Gasteiger partial charge in [-0.25, -0.2) is 9.59 Å². The van der Waals surface area contributed by atoms with Gasteiger partial charge in [-0.3, -0.25) is 10.1 Å². The van der Waals surface area contributed by atoms with Crippen LogP contribution in [-0.2, 0) is 9.53 Å². The van der Waals surface area contributed by atoms with Crippen LogP contribution >= 0.6 is 0 Å². The van der Waals surface area contributed by atoms with Gasteiger partial charge in [-0.05, 0) is 32.9 Å². The average Bonchev–Trinajstić information content (AvgIpc) is 2.47. The maximum absolute atomic E-state index is 12.2. The van der Waals surface area contributed by atoms with Gasteiger partial charge in [-0.15, -0.1) is 0 Å². The Bertz CT molecular complexity index is 568. The third-order valence-electron chi connectivity index (χ3n) is 3.25. The maximum Gasteiger partial charge on any atom is 0.331 e. The first-order chi connectivity index (χ1) is 10.2. The Morgan fingerprint density at radius 2 is 1.86 bits per heavy atom. The molecule has 0 aliphatic rings. The number of ether oxygens (including phenoxy) is 1. The number of urea groups is 1. The quantitative estimate of drug-likeness (QED) is 0.511. The first-order valence-electron chi connectivity index (χ1n) is 6.66. The van der Waals surface area contributed by atoms with E-state index in [1.54, 1.807) is 20.8 Å². The molecule has 0 spiro atoms. The molecule has 1 aromatic carbocycles. The van der Waals surface area contributed by atoms with Crippen LogP contribution in [0.2, 0.25) is 0 Å². The fraction of sp³-hybridized carbons (Fsp3) is 0.429. The van der Waals surface area contributed by atoms with E-state index in [4.69, 9.17) is 4.74 Å². The molecule has 8 nitrogen and oxygen atoms in total. The summed E-state index contributed by atoms with van der Waals surface area (Å²) in [4.78, 5) is 35.3. The normalized spacial score (nSPS) is 10.7. The van der Waals surface area contributed by atoms with E-state index in [9.17, 15) is 19.7 Å². The van der Waals surface area contributed by atoms with Crippen molar-refractivity contribution in [2.24, 2.45) is 0 Å². The molecule has 1 aromatic rings. The number of hydrogen-bond acceptors (Lipinski definition) is 5. The Hall–Kier alpha value is -2.64. The maximum atomic E-state index is 12.2. The summed E-state index contributed by atoms with van der Waals surface area (Å²) in [6.45, 7) is 5.05. The summed E-state index contributed by atoms with van der Waals surface area (Å²) in [6.07, 6.45) is 0. The molecule has 0 atom stereocenters. The fourth-order valence-corrected chi connectivity index (χ4v) is 1.57. The van der Waals surface area contributed by atoms with Gasteiger partial charge in [0.05, 0.1) is 11.5 Å². The van der Waals surface area contributed by atoms with Gasteiger partial charge >= 0.3 is 12.0 Å². The predicted octanol–water partition coefficient (Wildman–Crippen LogP) is 2.40. The third kappa shape index (κ3) is 3.94. The Kier molecular flexibility index (Phi) is 5.44. The molecule has 0 unspecified atom stereocenters. The van der Waals surface area contributed by atoms with Crippen molar-refractivity contribution in [2.75, 3.05) is 19.0 Å². The molecule has 1 rings (SSSR count). The number of rotatable bonds is 5. The van der Waals surface area contributed by atoms with Crippen molar-refractivity contribution < 1.29 is 19.2 Å². The van der Waals surface area contributed by atoms with Gasteiger partial charge in [0.25, 0.3) is 5.69 Å². The number of carbonyl (C=O) groups excluding carboxylic acids is 2. The van der Waals surface area contributed by atoms with Gasteiger partial charge in [0.15, 0.2) is 0 Å². The number of benzene rings is 1. The molecule has 22 heavy (non-hydrogen) atoms. The SMILES string of the molecule is CCOC(=O)C(C)(C)N(C)C(=O)Nc1ccc([N+](=O)[O-])cc1. The van der Waals surface area contributed by atoms with Crippen molar-refractivity contribution in [2.45, 2.75) is 26.3 Å². The number of amides is 2. The van der Waals surface area contributed by atoms with Crippen LogP contribution in [-0.4, -0.2) is 41.0 Å². The topological polar surface area (TPSA) is 102 Å². The van der Waals surface area contributed by atoms with Crippen molar-refractivity contribution in [3.05, 3.63) is 34.4 Å². The lowest BCUT2D eigenvalue weighted by Crippen LogP contribution is -2.53. The number of anilines is 1. The highest BCUT2D eigenvalue weighted by molar-refractivity contribution is 5.93. The van der Waals surface area contributed by atoms with Gasteiger partial charge in [-0.2, -0.15) is 0 Å². The van der Waals surface area contributed by atoms with E-state index in [0.717, 1.165) is 0 Å². The zero-order valence-corrected chi connectivity index (χ0v) is 13.0. The Balaban J connectivity index is 2.79. The summed E-state index contributed by atoms with van der Waals surface area (Å²) in [5.74, 6) is -0.517. The predicted molar refractivity (Wildman–Crippen MR) is 80.6 cm³/mol. The highest BCUT2D eigenvalue weighted by Crippen LogP contribution is 2.19. The van der Waals surface area contributed by atoms with Gasteiger partial charge in [0, 0.05) is 24.9 Å². The molecule has 2 amide bonds. The minimum atomic E-state index is -1.14. The molecule has 0 radical (unpaired) electrons. The standard InChI is InChI=1S/C14H19N3O5/c1-5-22-12(18)14(2,3)16(4)13(19)15-10-6-8-11(9-7-10)17(20)21/h6-9H,5H2,1-4H3,(H,15,19). The van der Waals surface area contributed by atoms with E-state index in [1.807, 2.05) is 0 Å². The molecule has 0 aromatic heterocycles. The van der Waals surface area contributed by atoms with Crippen molar-refractivity contribution in [3.8, 4) is 0 Å². The van der Waals surface area contributed by atoms with E-state index >= 15 is 0 Å². The average molecular weight is 309 g/mol. The lowest BCUT2D eigenvalue weighted by Gasteiger charge is -2.33. The van der Waals surface area contributed by atoms with Gasteiger partial charge < -0.3 is 15.0 Å². The summed E-state index contributed by atoms with van der Waals surface area (Å²) >= 11 is 0. The molecule has 0 saturated heterocycles. The summed E-state index contributed by atoms with van der Waals surface area (Å²) in [5, 5.41) is 13.1. The van der Waals surface area contributed by atoms with E-state index in [1.165, 1.54) is 36.2 Å². The molecular formula is C14H19N3O5. The summed E-state index contributed by atoms with van der Waals surface area (Å²) < 4.78 is 4.93. The number of nitrogens with zero attached hydrogens (tertiary/aromatic N) is 2. The molecule has 0 fully saturated rings. The number of nitrogens with one attached hydrogen (secondary N) is 1. The van der Waals surface area contributed by atoms with Crippen molar-refractivity contribution in [1.82, 2.24) is 4.90 Å². The van der Waals surface area contributed by atoms with Crippen LogP contribution in [0, 0.1) is 10.1 Å². The Morgan fingerprint density at radius 1 is 1.32 bits per heavy atom. The Morgan fingerprint density at radius 3 is 2.32 bits per heavy atom. The van der Waals surface area contributed by atoms with E-state index in [-0.39, 0.29) is 12.3 Å². The minimum absolute atomic E-state index is 0.0711. The number of nitro benzene ring substituents is 1. The second-order valence-corrected chi connectivity index (χ2v) is 5.07. The monoisotopic (exact) mass is 309 g/mol. The first kappa shape index (κ1) is 17.4. The Labute approximate surface area is 128 Å². The van der Waals surface area contributed by atoms with Crippen LogP contribution in [0.3, 0.4) is 0 Å². The van der Waals surface area contributed by atoms with Crippen LogP contribution in [0.1, 0.15) is 20.8 Å². The van der Waals surface area contributed by atoms with Gasteiger partial charge in [0.2, 0.25) is 0 Å². The van der Waals surface area contributed by atoms with Crippen LogP contribution in [0.4, 0.5) is 16.2 Å². The minimum Gasteiger partial charge on any atom is -0.464 e. The molecular weight excluding hydrogens is 290 g/mol. The van der Waals surface area contributed by atoms with Crippen LogP contribution in [0.15, 0.2) is 24.3 Å². The number of non-ortho nitro benzene ring substituents is 1. The van der Waals surface area contributed by atoms with Crippen LogP contribution in [0.25, 0.3) is 0 Å². The third-order valence-corrected chi connectivity index (χ3v) is 3.25. The number of hydrogen-bond donors (Lipinski definition) is 1. The van der Waals surface area contributed by atoms with Gasteiger partial charge in [-0.1, -0.05) is 0 Å². The zero-order chi connectivity index (χ0) is 16.9. The smallest absolute Gasteiger partial charge is 0.331 e. The number of esters is 1. The number of nitro groups is 1.